The van der Waals surface area contributed by atoms with E-state index in [0.29, 0.717) is 6.29 Å². The van der Waals surface area contributed by atoms with Crippen molar-refractivity contribution < 1.29 is 14.4 Å². The van der Waals surface area contributed by atoms with E-state index >= 15 is 0 Å². The quantitative estimate of drug-likeness (QED) is 0.413. The van der Waals surface area contributed by atoms with E-state index in [2.05, 4.69) is 5.32 Å². The number of amides is 2. The van der Waals surface area contributed by atoms with Gasteiger partial charge in [0.1, 0.15) is 6.29 Å². The van der Waals surface area contributed by atoms with Gasteiger partial charge < -0.3 is 21.6 Å². The highest BCUT2D eigenvalue weighted by atomic mass is 16.2. The molecule has 0 heterocycles. The van der Waals surface area contributed by atoms with Gasteiger partial charge in [-0.3, -0.25) is 9.59 Å². The van der Waals surface area contributed by atoms with Gasteiger partial charge in [-0.05, 0) is 6.42 Å². The maximum atomic E-state index is 10.7. The Morgan fingerprint density at radius 3 is 2.46 bits per heavy atom. The number of hydrogen-bond acceptors (Lipinski definition) is 4. The van der Waals surface area contributed by atoms with Crippen LogP contribution in [-0.4, -0.2) is 30.7 Å². The van der Waals surface area contributed by atoms with Gasteiger partial charge in [0.15, 0.2) is 0 Å². The van der Waals surface area contributed by atoms with Crippen molar-refractivity contribution in [3.8, 4) is 0 Å². The molecule has 0 bridgehead atoms. The Morgan fingerprint density at radius 2 is 2.08 bits per heavy atom. The van der Waals surface area contributed by atoms with Crippen LogP contribution in [0.4, 0.5) is 0 Å². The van der Waals surface area contributed by atoms with Crippen molar-refractivity contribution in [2.75, 3.05) is 6.54 Å². The van der Waals surface area contributed by atoms with Gasteiger partial charge in [-0.25, -0.2) is 0 Å². The number of aldehydes is 1. The van der Waals surface area contributed by atoms with Crippen LogP contribution in [0.15, 0.2) is 0 Å². The fraction of sp³-hybridized carbons (Fsp3) is 0.571. The molecule has 0 radical (unpaired) electrons. The number of carbonyl (C=O) groups is 3. The highest BCUT2D eigenvalue weighted by molar-refractivity contribution is 5.81. The second-order valence-electron chi connectivity index (χ2n) is 2.52. The number of hydrogen-bond donors (Lipinski definition) is 3. The van der Waals surface area contributed by atoms with Gasteiger partial charge in [-0.15, -0.1) is 0 Å². The summed E-state index contributed by atoms with van der Waals surface area (Å²) >= 11 is 0. The SMILES string of the molecule is NCC(=O)N[C@H](C=O)CCC(N)=O. The first-order valence-corrected chi connectivity index (χ1v) is 3.83. The Morgan fingerprint density at radius 1 is 1.46 bits per heavy atom. The molecule has 1 atom stereocenters. The predicted octanol–water partition coefficient (Wildman–Crippen LogP) is -2.11. The molecule has 5 N–H and O–H groups in total. The topological polar surface area (TPSA) is 115 Å². The van der Waals surface area contributed by atoms with Gasteiger partial charge in [0.2, 0.25) is 11.8 Å². The van der Waals surface area contributed by atoms with E-state index < -0.39 is 17.9 Å². The largest absolute Gasteiger partial charge is 0.370 e. The Hall–Kier alpha value is -1.43. The normalized spacial score (nSPS) is 11.8. The Balaban J connectivity index is 3.82. The lowest BCUT2D eigenvalue weighted by Crippen LogP contribution is -2.40. The number of rotatable bonds is 6. The smallest absolute Gasteiger partial charge is 0.234 e. The van der Waals surface area contributed by atoms with Gasteiger partial charge in [0.05, 0.1) is 12.6 Å². The summed E-state index contributed by atoms with van der Waals surface area (Å²) < 4.78 is 0. The minimum Gasteiger partial charge on any atom is -0.370 e. The zero-order valence-electron chi connectivity index (χ0n) is 7.16. The summed E-state index contributed by atoms with van der Waals surface area (Å²) in [6, 6.07) is -0.677. The molecule has 2 amide bonds. The molecule has 0 fully saturated rings. The lowest BCUT2D eigenvalue weighted by atomic mass is 10.1. The van der Waals surface area contributed by atoms with E-state index in [0.717, 1.165) is 0 Å². The zero-order valence-corrected chi connectivity index (χ0v) is 7.16. The van der Waals surface area contributed by atoms with Crippen molar-refractivity contribution >= 4 is 18.1 Å². The molecule has 0 aliphatic carbocycles. The highest BCUT2D eigenvalue weighted by Crippen LogP contribution is 1.93. The van der Waals surface area contributed by atoms with Crippen LogP contribution in [0, 0.1) is 0 Å². The molecule has 0 unspecified atom stereocenters. The molecular formula is C7H13N3O3. The molecule has 0 aromatic carbocycles. The van der Waals surface area contributed by atoms with Crippen LogP contribution >= 0.6 is 0 Å². The molecule has 6 heteroatoms. The first-order chi connectivity index (χ1) is 6.10. The summed E-state index contributed by atoms with van der Waals surface area (Å²) in [5.41, 5.74) is 9.88. The van der Waals surface area contributed by atoms with Crippen molar-refractivity contribution in [2.24, 2.45) is 11.5 Å². The average molecular weight is 187 g/mol. The predicted molar refractivity (Wildman–Crippen MR) is 45.5 cm³/mol. The fourth-order valence-corrected chi connectivity index (χ4v) is 0.738. The number of carbonyl (C=O) groups excluding carboxylic acids is 3. The maximum absolute atomic E-state index is 10.7. The summed E-state index contributed by atoms with van der Waals surface area (Å²) in [5, 5.41) is 2.33. The van der Waals surface area contributed by atoms with Crippen molar-refractivity contribution in [1.82, 2.24) is 5.32 Å². The molecule has 13 heavy (non-hydrogen) atoms. The van der Waals surface area contributed by atoms with Crippen molar-refractivity contribution in [3.05, 3.63) is 0 Å². The minimum atomic E-state index is -0.677. The fourth-order valence-electron chi connectivity index (χ4n) is 0.738. The second-order valence-corrected chi connectivity index (χ2v) is 2.52. The summed E-state index contributed by atoms with van der Waals surface area (Å²) in [7, 11) is 0. The third-order valence-corrected chi connectivity index (χ3v) is 1.40. The van der Waals surface area contributed by atoms with Crippen LogP contribution in [0.3, 0.4) is 0 Å². The van der Waals surface area contributed by atoms with Crippen LogP contribution in [0.1, 0.15) is 12.8 Å². The lowest BCUT2D eigenvalue weighted by Gasteiger charge is -2.10. The molecule has 6 nitrogen and oxygen atoms in total. The third kappa shape index (κ3) is 5.80. The monoisotopic (exact) mass is 187 g/mol. The van der Waals surface area contributed by atoms with Crippen LogP contribution in [-0.2, 0) is 14.4 Å². The van der Waals surface area contributed by atoms with Crippen LogP contribution < -0.4 is 16.8 Å². The minimum absolute atomic E-state index is 0.0637. The standard InChI is InChI=1S/C7H13N3O3/c8-3-7(13)10-5(4-11)1-2-6(9)12/h4-5H,1-3,8H2,(H2,9,12)(H,10,13)/t5-/m0/s1. The summed E-state index contributed by atoms with van der Waals surface area (Å²) in [5.74, 6) is -0.935. The number of nitrogens with one attached hydrogen (secondary N) is 1. The van der Waals surface area contributed by atoms with Crippen molar-refractivity contribution in [3.63, 3.8) is 0 Å². The van der Waals surface area contributed by atoms with E-state index in [9.17, 15) is 14.4 Å². The number of nitrogens with two attached hydrogens (primary N) is 2. The molecule has 0 aliphatic rings. The maximum Gasteiger partial charge on any atom is 0.234 e. The summed E-state index contributed by atoms with van der Waals surface area (Å²) in [4.78, 5) is 31.4. The molecule has 74 valence electrons. The summed E-state index contributed by atoms with van der Waals surface area (Å²) in [6.07, 6.45) is 0.829. The van der Waals surface area contributed by atoms with Crippen LogP contribution in [0.25, 0.3) is 0 Å². The van der Waals surface area contributed by atoms with E-state index in [1.165, 1.54) is 0 Å². The molecular weight excluding hydrogens is 174 g/mol. The average Bonchev–Trinajstić information content (AvgIpc) is 2.11. The molecule has 0 aromatic rings. The van der Waals surface area contributed by atoms with E-state index in [-0.39, 0.29) is 19.4 Å². The summed E-state index contributed by atoms with van der Waals surface area (Å²) in [6.45, 7) is -0.180. The first kappa shape index (κ1) is 11.6. The lowest BCUT2D eigenvalue weighted by molar-refractivity contribution is -0.123. The van der Waals surface area contributed by atoms with Gasteiger partial charge in [-0.2, -0.15) is 0 Å². The van der Waals surface area contributed by atoms with E-state index in [4.69, 9.17) is 11.5 Å². The van der Waals surface area contributed by atoms with Gasteiger partial charge in [0.25, 0.3) is 0 Å². The van der Waals surface area contributed by atoms with Crippen LogP contribution in [0.5, 0.6) is 0 Å². The van der Waals surface area contributed by atoms with E-state index in [1.807, 2.05) is 0 Å². The van der Waals surface area contributed by atoms with E-state index in [1.54, 1.807) is 0 Å². The second kappa shape index (κ2) is 6.13. The molecule has 0 aliphatic heterocycles. The van der Waals surface area contributed by atoms with Crippen molar-refractivity contribution in [2.45, 2.75) is 18.9 Å². The Bertz CT molecular complexity index is 205. The number of primary amides is 1. The molecule has 0 aromatic heterocycles. The van der Waals surface area contributed by atoms with Gasteiger partial charge >= 0.3 is 0 Å². The Kier molecular flexibility index (Phi) is 5.45. The van der Waals surface area contributed by atoms with Crippen LogP contribution in [0.2, 0.25) is 0 Å². The molecule has 0 spiro atoms. The third-order valence-electron chi connectivity index (χ3n) is 1.40. The van der Waals surface area contributed by atoms with Crippen molar-refractivity contribution in [1.29, 1.82) is 0 Å². The molecule has 0 saturated carbocycles. The molecule has 0 rings (SSSR count). The zero-order chi connectivity index (χ0) is 10.3. The first-order valence-electron chi connectivity index (χ1n) is 3.83. The van der Waals surface area contributed by atoms with Gasteiger partial charge in [0, 0.05) is 6.42 Å². The van der Waals surface area contributed by atoms with Gasteiger partial charge in [-0.1, -0.05) is 0 Å². The Labute approximate surface area is 75.6 Å². The highest BCUT2D eigenvalue weighted by Gasteiger charge is 2.10. The molecule has 0 saturated heterocycles.